The van der Waals surface area contributed by atoms with E-state index in [4.69, 9.17) is 0 Å². The van der Waals surface area contributed by atoms with Crippen LogP contribution < -0.4 is 39.2 Å². The molecular formula is C7H4NaO5P. The third-order valence-corrected chi connectivity index (χ3v) is 1.63. The number of carbonyl (C=O) groups is 1. The van der Waals surface area contributed by atoms with E-state index in [1.807, 2.05) is 0 Å². The van der Waals surface area contributed by atoms with Gasteiger partial charge in [0, 0.05) is 5.56 Å². The van der Waals surface area contributed by atoms with Crippen molar-refractivity contribution in [1.29, 1.82) is 0 Å². The molecule has 0 radical (unpaired) electrons. The first kappa shape index (κ1) is 13.4. The summed E-state index contributed by atoms with van der Waals surface area (Å²) < 4.78 is 24.5. The van der Waals surface area contributed by atoms with Gasteiger partial charge >= 0.3 is 37.5 Å². The predicted octanol–water partition coefficient (Wildman–Crippen LogP) is -2.48. The molecule has 7 heteroatoms. The Balaban J connectivity index is 0.00000169. The average Bonchev–Trinajstić information content (AvgIpc) is 2.03. The van der Waals surface area contributed by atoms with E-state index in [1.165, 1.54) is 24.3 Å². The largest absolute Gasteiger partial charge is 1.00 e. The number of para-hydroxylation sites is 1. The summed E-state index contributed by atoms with van der Waals surface area (Å²) in [4.78, 5) is 10.4. The zero-order chi connectivity index (χ0) is 9.84. The maximum Gasteiger partial charge on any atom is 1.00 e. The summed E-state index contributed by atoms with van der Waals surface area (Å²) in [5, 5.41) is 10.4. The van der Waals surface area contributed by atoms with Gasteiger partial charge in [0.15, 0.2) is 0 Å². The van der Waals surface area contributed by atoms with Gasteiger partial charge in [0.1, 0.15) is 5.75 Å². The molecule has 0 aliphatic rings. The molecule has 0 fully saturated rings. The van der Waals surface area contributed by atoms with Gasteiger partial charge in [0.05, 0.1) is 5.97 Å². The fourth-order valence-corrected chi connectivity index (χ4v) is 1.11. The summed E-state index contributed by atoms with van der Waals surface area (Å²) in [7, 11) is -3.11. The molecule has 0 amide bonds. The van der Waals surface area contributed by atoms with Crippen LogP contribution in [-0.2, 0) is 9.13 Å². The van der Waals surface area contributed by atoms with Crippen molar-refractivity contribution < 1.29 is 53.1 Å². The van der Waals surface area contributed by atoms with Crippen LogP contribution in [0, 0.1) is 0 Å². The van der Waals surface area contributed by atoms with Crippen molar-refractivity contribution in [1.82, 2.24) is 0 Å². The number of carboxylic acids is 1. The Morgan fingerprint density at radius 3 is 2.36 bits per heavy atom. The van der Waals surface area contributed by atoms with Gasteiger partial charge in [-0.2, -0.15) is 9.13 Å². The molecule has 5 nitrogen and oxygen atoms in total. The molecule has 1 aromatic carbocycles. The summed E-state index contributed by atoms with van der Waals surface area (Å²) in [5.74, 6) is -1.72. The number of carbonyl (C=O) groups excluding carboxylic acids is 1. The Labute approximate surface area is 102 Å². The summed E-state index contributed by atoms with van der Waals surface area (Å²) in [5.41, 5.74) is -0.290. The number of rotatable bonds is 3. The Hall–Kier alpha value is -0.610. The normalized spacial score (nSPS) is 8.57. The molecule has 0 aliphatic heterocycles. The van der Waals surface area contributed by atoms with Crippen molar-refractivity contribution in [3.63, 3.8) is 0 Å². The second-order valence-electron chi connectivity index (χ2n) is 2.10. The summed E-state index contributed by atoms with van der Waals surface area (Å²) in [6.45, 7) is 0. The molecule has 0 aliphatic carbocycles. The van der Waals surface area contributed by atoms with Crippen molar-refractivity contribution in [2.45, 2.75) is 0 Å². The molecule has 0 atom stereocenters. The fraction of sp³-hybridized carbons (Fsp3) is 0. The molecule has 1 aromatic rings. The first-order valence-electron chi connectivity index (χ1n) is 3.24. The minimum atomic E-state index is -3.11. The van der Waals surface area contributed by atoms with Gasteiger partial charge in [0.2, 0.25) is 0 Å². The van der Waals surface area contributed by atoms with Crippen molar-refractivity contribution in [2.24, 2.45) is 0 Å². The van der Waals surface area contributed by atoms with E-state index in [0.29, 0.717) is 0 Å². The third-order valence-electron chi connectivity index (χ3n) is 1.28. The van der Waals surface area contributed by atoms with Crippen molar-refractivity contribution in [2.75, 3.05) is 0 Å². The molecule has 0 saturated heterocycles. The molecule has 0 aromatic heterocycles. The van der Waals surface area contributed by atoms with E-state index in [1.54, 1.807) is 0 Å². The maximum absolute atomic E-state index is 10.4. The quantitative estimate of drug-likeness (QED) is 0.417. The van der Waals surface area contributed by atoms with Gasteiger partial charge in [0.25, 0.3) is 0 Å². The molecular weight excluding hydrogens is 218 g/mol. The van der Waals surface area contributed by atoms with E-state index in [9.17, 15) is 19.0 Å². The fourth-order valence-electron chi connectivity index (χ4n) is 0.795. The van der Waals surface area contributed by atoms with Gasteiger partial charge in [-0.05, 0) is 12.1 Å². The zero-order valence-electron chi connectivity index (χ0n) is 7.30. The topological polar surface area (TPSA) is 83.5 Å². The average molecular weight is 222 g/mol. The smallest absolute Gasteiger partial charge is 0.545 e. The van der Waals surface area contributed by atoms with Crippen LogP contribution in [0.2, 0.25) is 0 Å². The summed E-state index contributed by atoms with van der Waals surface area (Å²) in [6.07, 6.45) is 0. The second-order valence-corrected chi connectivity index (χ2v) is 2.73. The van der Waals surface area contributed by atoms with Gasteiger partial charge in [-0.25, -0.2) is 0 Å². The molecule has 14 heavy (non-hydrogen) atoms. The first-order valence-corrected chi connectivity index (χ1v) is 4.33. The van der Waals surface area contributed by atoms with Crippen molar-refractivity contribution in [3.8, 4) is 5.75 Å². The van der Waals surface area contributed by atoms with Crippen LogP contribution in [0.25, 0.3) is 0 Å². The van der Waals surface area contributed by atoms with E-state index < -0.39 is 13.9 Å². The van der Waals surface area contributed by atoms with Gasteiger partial charge in [-0.1, -0.05) is 12.1 Å². The third kappa shape index (κ3) is 3.64. The molecule has 0 saturated carbocycles. The van der Waals surface area contributed by atoms with Gasteiger partial charge in [-0.15, -0.1) is 0 Å². The number of carboxylic acid groups (broad SMARTS) is 1. The van der Waals surface area contributed by atoms with Crippen LogP contribution in [0.5, 0.6) is 5.75 Å². The number of benzene rings is 1. The zero-order valence-corrected chi connectivity index (χ0v) is 10.2. The van der Waals surface area contributed by atoms with Crippen LogP contribution in [0.1, 0.15) is 10.4 Å². The Morgan fingerprint density at radius 1 is 1.29 bits per heavy atom. The van der Waals surface area contributed by atoms with Crippen LogP contribution in [0.15, 0.2) is 24.3 Å². The molecule has 0 heterocycles. The monoisotopic (exact) mass is 222 g/mol. The molecule has 0 bridgehead atoms. The summed E-state index contributed by atoms with van der Waals surface area (Å²) in [6, 6.07) is 5.33. The maximum atomic E-state index is 10.4. The van der Waals surface area contributed by atoms with Crippen molar-refractivity contribution >= 4 is 13.9 Å². The standard InChI is InChI=1S/C7H5O5P.Na/c8-7(9)5-3-1-2-4-6(5)12-13(10)11;/h1-4H,(H,8,9);/q;+1/p-1. The number of aromatic carboxylic acids is 1. The molecule has 68 valence electrons. The van der Waals surface area contributed by atoms with E-state index >= 15 is 0 Å². The van der Waals surface area contributed by atoms with Crippen LogP contribution in [0.4, 0.5) is 0 Å². The minimum absolute atomic E-state index is 0. The Bertz CT molecular complexity index is 393. The SMILES string of the molecule is O=C([O-])c1ccccc1OP(=O)=O.[Na+]. The summed E-state index contributed by atoms with van der Waals surface area (Å²) >= 11 is 0. The second kappa shape index (κ2) is 5.98. The number of hydrogen-bond donors (Lipinski definition) is 0. The van der Waals surface area contributed by atoms with Gasteiger partial charge < -0.3 is 14.4 Å². The molecule has 1 rings (SSSR count). The first-order chi connectivity index (χ1) is 6.11. The van der Waals surface area contributed by atoms with Gasteiger partial charge in [-0.3, -0.25) is 0 Å². The molecule has 0 N–H and O–H groups in total. The molecule has 0 spiro atoms. The Kier molecular flexibility index (Phi) is 5.72. The minimum Gasteiger partial charge on any atom is -0.545 e. The van der Waals surface area contributed by atoms with Crippen molar-refractivity contribution in [3.05, 3.63) is 29.8 Å². The van der Waals surface area contributed by atoms with Crippen LogP contribution in [0.3, 0.4) is 0 Å². The van der Waals surface area contributed by atoms with Crippen LogP contribution in [-0.4, -0.2) is 5.97 Å². The van der Waals surface area contributed by atoms with E-state index in [-0.39, 0.29) is 40.9 Å². The Morgan fingerprint density at radius 2 is 1.86 bits per heavy atom. The number of hydrogen-bond acceptors (Lipinski definition) is 5. The van der Waals surface area contributed by atoms with Crippen LogP contribution >= 0.6 is 7.91 Å². The predicted molar refractivity (Wildman–Crippen MR) is 39.7 cm³/mol. The van der Waals surface area contributed by atoms with E-state index in [0.717, 1.165) is 0 Å². The van der Waals surface area contributed by atoms with E-state index in [2.05, 4.69) is 4.52 Å². The molecule has 0 unspecified atom stereocenters.